The summed E-state index contributed by atoms with van der Waals surface area (Å²) in [5, 5.41) is 1.38. The molecule has 1 N–H and O–H groups in total. The molecule has 0 aliphatic carbocycles. The molecule has 0 radical (unpaired) electrons. The zero-order valence-electron chi connectivity index (χ0n) is 5.07. The van der Waals surface area contributed by atoms with Crippen LogP contribution in [0.15, 0.2) is 11.4 Å². The molecule has 0 atom stereocenters. The fourth-order valence-corrected chi connectivity index (χ4v) is 1.78. The number of hydrogen-bond donors (Lipinski definition) is 1. The lowest BCUT2D eigenvalue weighted by atomic mass is 10.4. The van der Waals surface area contributed by atoms with Crippen LogP contribution in [0.2, 0.25) is 0 Å². The molecule has 0 aromatic carbocycles. The summed E-state index contributed by atoms with van der Waals surface area (Å²) in [5.74, 6) is 0. The van der Waals surface area contributed by atoms with Crippen molar-refractivity contribution in [3.8, 4) is 0 Å². The van der Waals surface area contributed by atoms with Crippen LogP contribution in [0, 0.1) is 0 Å². The second-order valence-corrected chi connectivity index (χ2v) is 3.07. The molecule has 0 amide bonds. The summed E-state index contributed by atoms with van der Waals surface area (Å²) >= 11 is 3.40. The number of alkyl halides is 3. The highest BCUT2D eigenvalue weighted by Crippen LogP contribution is 2.39. The third-order valence-electron chi connectivity index (χ3n) is 1.02. The Morgan fingerprint density at radius 2 is 2.09 bits per heavy atom. The van der Waals surface area contributed by atoms with E-state index in [0.717, 1.165) is 0 Å². The Labute approximate surface area is 73.6 Å². The van der Waals surface area contributed by atoms with Gasteiger partial charge in [-0.1, -0.05) is 0 Å². The largest absolute Gasteiger partial charge is 0.427 e. The predicted octanol–water partition coefficient (Wildman–Crippen LogP) is 3.49. The first-order valence-electron chi connectivity index (χ1n) is 2.57. The van der Waals surface area contributed by atoms with E-state index in [2.05, 4.69) is 20.5 Å². The average molecular weight is 246 g/mol. The topological polar surface area (TPSA) is 12.0 Å². The first-order valence-corrected chi connectivity index (χ1v) is 4.24. The van der Waals surface area contributed by atoms with Crippen LogP contribution in [0.3, 0.4) is 0 Å². The summed E-state index contributed by atoms with van der Waals surface area (Å²) < 4.78 is 38.3. The van der Waals surface area contributed by atoms with E-state index in [4.69, 9.17) is 0 Å². The SMILES string of the molecule is FC(F)(F)c1sccc1NBr. The molecule has 1 heterocycles. The highest BCUT2D eigenvalue weighted by atomic mass is 79.9. The predicted molar refractivity (Wildman–Crippen MR) is 41.9 cm³/mol. The minimum atomic E-state index is -4.26. The maximum absolute atomic E-state index is 12.0. The molecule has 0 bridgehead atoms. The summed E-state index contributed by atoms with van der Waals surface area (Å²) in [4.78, 5) is -0.616. The first kappa shape index (κ1) is 8.86. The molecular weight excluding hydrogens is 243 g/mol. The van der Waals surface area contributed by atoms with Crippen molar-refractivity contribution in [1.82, 2.24) is 0 Å². The molecule has 0 aliphatic heterocycles. The van der Waals surface area contributed by atoms with E-state index in [1.54, 1.807) is 0 Å². The van der Waals surface area contributed by atoms with Gasteiger partial charge in [0, 0.05) is 16.1 Å². The van der Waals surface area contributed by atoms with Gasteiger partial charge in [-0.05, 0) is 11.4 Å². The van der Waals surface area contributed by atoms with Gasteiger partial charge >= 0.3 is 6.18 Å². The average Bonchev–Trinajstić information content (AvgIpc) is 2.31. The van der Waals surface area contributed by atoms with E-state index in [-0.39, 0.29) is 5.69 Å². The smallest absolute Gasteiger partial charge is 0.321 e. The number of nitrogens with one attached hydrogen (secondary N) is 1. The Balaban J connectivity index is 3.02. The van der Waals surface area contributed by atoms with Gasteiger partial charge in [0.05, 0.1) is 5.69 Å². The van der Waals surface area contributed by atoms with Crippen molar-refractivity contribution in [3.63, 3.8) is 0 Å². The van der Waals surface area contributed by atoms with E-state index in [1.165, 1.54) is 11.4 Å². The van der Waals surface area contributed by atoms with Gasteiger partial charge in [0.15, 0.2) is 0 Å². The van der Waals surface area contributed by atoms with Crippen LogP contribution in [-0.4, -0.2) is 0 Å². The fraction of sp³-hybridized carbons (Fsp3) is 0.200. The van der Waals surface area contributed by atoms with Gasteiger partial charge in [-0.15, -0.1) is 11.3 Å². The van der Waals surface area contributed by atoms with Crippen LogP contribution in [0.4, 0.5) is 18.9 Å². The summed E-state index contributed by atoms with van der Waals surface area (Å²) in [6, 6.07) is 1.36. The third-order valence-corrected chi connectivity index (χ3v) is 2.41. The van der Waals surface area contributed by atoms with E-state index >= 15 is 0 Å². The van der Waals surface area contributed by atoms with Crippen molar-refractivity contribution in [3.05, 3.63) is 16.3 Å². The van der Waals surface area contributed by atoms with Gasteiger partial charge in [-0.2, -0.15) is 13.2 Å². The number of hydrogen-bond acceptors (Lipinski definition) is 2. The lowest BCUT2D eigenvalue weighted by Gasteiger charge is -2.04. The van der Waals surface area contributed by atoms with Gasteiger partial charge in [-0.25, -0.2) is 0 Å². The lowest BCUT2D eigenvalue weighted by molar-refractivity contribution is -0.133. The Morgan fingerprint density at radius 3 is 2.45 bits per heavy atom. The maximum Gasteiger partial charge on any atom is 0.427 e. The minimum absolute atomic E-state index is 0.0579. The Morgan fingerprint density at radius 1 is 1.45 bits per heavy atom. The summed E-state index contributed by atoms with van der Waals surface area (Å²) in [6.07, 6.45) is -4.26. The van der Waals surface area contributed by atoms with Crippen molar-refractivity contribution in [2.24, 2.45) is 0 Å². The third kappa shape index (κ3) is 1.87. The quantitative estimate of drug-likeness (QED) is 0.748. The molecule has 1 nitrogen and oxygen atoms in total. The zero-order chi connectivity index (χ0) is 8.48. The molecule has 1 aromatic rings. The number of halogens is 4. The molecule has 0 aliphatic rings. The van der Waals surface area contributed by atoms with Crippen LogP contribution >= 0.6 is 27.5 Å². The normalized spacial score (nSPS) is 11.6. The molecule has 0 saturated heterocycles. The van der Waals surface area contributed by atoms with E-state index in [0.29, 0.717) is 11.3 Å². The molecular formula is C5H3BrF3NS. The van der Waals surface area contributed by atoms with Gasteiger partial charge in [0.25, 0.3) is 0 Å². The number of rotatable bonds is 1. The van der Waals surface area contributed by atoms with Crippen LogP contribution in [0.1, 0.15) is 4.88 Å². The van der Waals surface area contributed by atoms with Crippen LogP contribution in [0.25, 0.3) is 0 Å². The molecule has 62 valence electrons. The van der Waals surface area contributed by atoms with Crippen LogP contribution in [-0.2, 0) is 6.18 Å². The van der Waals surface area contributed by atoms with Gasteiger partial charge < -0.3 is 4.34 Å². The van der Waals surface area contributed by atoms with E-state index in [1.807, 2.05) is 0 Å². The zero-order valence-corrected chi connectivity index (χ0v) is 7.48. The van der Waals surface area contributed by atoms with Gasteiger partial charge in [0.2, 0.25) is 0 Å². The Kier molecular flexibility index (Phi) is 2.43. The first-order chi connectivity index (χ1) is 5.05. The molecule has 11 heavy (non-hydrogen) atoms. The Hall–Kier alpha value is -0.230. The minimum Gasteiger partial charge on any atom is -0.321 e. The molecule has 0 spiro atoms. The maximum atomic E-state index is 12.0. The van der Waals surface area contributed by atoms with Crippen LogP contribution in [0.5, 0.6) is 0 Å². The standard InChI is InChI=1S/C5H3BrF3NS/c6-10-3-1-2-11-4(3)5(7,8)9/h1-2,10H. The van der Waals surface area contributed by atoms with Gasteiger partial charge in [0.1, 0.15) is 4.88 Å². The molecule has 0 unspecified atom stereocenters. The van der Waals surface area contributed by atoms with Crippen molar-refractivity contribution < 1.29 is 13.2 Å². The van der Waals surface area contributed by atoms with Crippen molar-refractivity contribution in [1.29, 1.82) is 0 Å². The summed E-state index contributed by atoms with van der Waals surface area (Å²) in [7, 11) is 0. The number of anilines is 1. The fourth-order valence-electron chi connectivity index (χ4n) is 0.603. The molecule has 1 aromatic heterocycles. The molecule has 0 fully saturated rings. The van der Waals surface area contributed by atoms with E-state index in [9.17, 15) is 13.2 Å². The molecule has 6 heteroatoms. The van der Waals surface area contributed by atoms with Crippen molar-refractivity contribution >= 4 is 33.2 Å². The summed E-state index contributed by atoms with van der Waals surface area (Å²) in [5.41, 5.74) is 0.0579. The number of thiophene rings is 1. The van der Waals surface area contributed by atoms with Gasteiger partial charge in [-0.3, -0.25) is 0 Å². The van der Waals surface area contributed by atoms with Crippen molar-refractivity contribution in [2.45, 2.75) is 6.18 Å². The summed E-state index contributed by atoms with van der Waals surface area (Å²) in [6.45, 7) is 0. The Bertz CT molecular complexity index is 244. The second-order valence-electron chi connectivity index (χ2n) is 1.76. The highest BCUT2D eigenvalue weighted by Gasteiger charge is 2.34. The molecule has 1 rings (SSSR count). The lowest BCUT2D eigenvalue weighted by Crippen LogP contribution is -2.03. The van der Waals surface area contributed by atoms with Crippen LogP contribution < -0.4 is 4.34 Å². The van der Waals surface area contributed by atoms with E-state index < -0.39 is 11.1 Å². The molecule has 0 saturated carbocycles. The van der Waals surface area contributed by atoms with Crippen molar-refractivity contribution in [2.75, 3.05) is 4.34 Å². The monoisotopic (exact) mass is 245 g/mol. The highest BCUT2D eigenvalue weighted by molar-refractivity contribution is 9.10. The second kappa shape index (κ2) is 3.02.